The third-order valence-corrected chi connectivity index (χ3v) is 5.54. The minimum absolute atomic E-state index is 0.0314. The summed E-state index contributed by atoms with van der Waals surface area (Å²) in [7, 11) is 0. The van der Waals surface area contributed by atoms with Gasteiger partial charge < -0.3 is 4.74 Å². The Hall–Kier alpha value is -3.32. The molecule has 1 aliphatic heterocycles. The van der Waals surface area contributed by atoms with E-state index in [2.05, 4.69) is 4.98 Å². The van der Waals surface area contributed by atoms with E-state index < -0.39 is 5.97 Å². The fraction of sp³-hybridized carbons (Fsp3) is 0.182. The van der Waals surface area contributed by atoms with Gasteiger partial charge in [-0.3, -0.25) is 19.3 Å². The van der Waals surface area contributed by atoms with Crippen LogP contribution in [0.5, 0.6) is 0 Å². The third kappa shape index (κ3) is 3.95. The van der Waals surface area contributed by atoms with Gasteiger partial charge in [0.2, 0.25) is 0 Å². The molecule has 0 aliphatic carbocycles. The number of fused-ring (bicyclic) bond motifs is 1. The molecule has 0 atom stereocenters. The number of aryl methyl sites for hydroxylation is 1. The van der Waals surface area contributed by atoms with Crippen LogP contribution in [0.25, 0.3) is 10.6 Å². The number of rotatable bonds is 6. The lowest BCUT2D eigenvalue weighted by atomic mass is 10.1. The van der Waals surface area contributed by atoms with Gasteiger partial charge in [0, 0.05) is 10.9 Å². The Bertz CT molecular complexity index is 1070. The normalized spacial score (nSPS) is 12.9. The van der Waals surface area contributed by atoms with Crippen molar-refractivity contribution >= 4 is 29.1 Å². The van der Waals surface area contributed by atoms with Gasteiger partial charge in [-0.2, -0.15) is 0 Å². The SMILES string of the molecule is Cc1cccc(-c2nc(CC(=O)OCCN3C(=O)c4ccccc4C3=O)cs2)c1. The Balaban J connectivity index is 1.30. The highest BCUT2D eigenvalue weighted by molar-refractivity contribution is 7.13. The maximum atomic E-state index is 12.3. The van der Waals surface area contributed by atoms with Crippen molar-refractivity contribution in [1.82, 2.24) is 9.88 Å². The molecule has 0 bridgehead atoms. The molecule has 146 valence electrons. The second-order valence-electron chi connectivity index (χ2n) is 6.72. The molecule has 0 fully saturated rings. The van der Waals surface area contributed by atoms with E-state index in [1.165, 1.54) is 11.3 Å². The van der Waals surface area contributed by atoms with E-state index in [9.17, 15) is 14.4 Å². The molecule has 0 spiro atoms. The Kier molecular flexibility index (Phi) is 5.22. The first-order valence-electron chi connectivity index (χ1n) is 9.15. The molecular formula is C22H18N2O4S. The molecule has 0 unspecified atom stereocenters. The van der Waals surface area contributed by atoms with Crippen molar-refractivity contribution in [2.75, 3.05) is 13.2 Å². The molecule has 0 radical (unpaired) electrons. The van der Waals surface area contributed by atoms with Crippen molar-refractivity contribution in [3.63, 3.8) is 0 Å². The van der Waals surface area contributed by atoms with Gasteiger partial charge >= 0.3 is 5.97 Å². The molecule has 6 nitrogen and oxygen atoms in total. The largest absolute Gasteiger partial charge is 0.463 e. The number of ether oxygens (including phenoxy) is 1. The number of amides is 2. The number of aromatic nitrogens is 1. The summed E-state index contributed by atoms with van der Waals surface area (Å²) in [5.41, 5.74) is 3.56. The van der Waals surface area contributed by atoms with Crippen molar-refractivity contribution < 1.29 is 19.1 Å². The maximum absolute atomic E-state index is 12.3. The molecule has 1 aromatic heterocycles. The molecule has 29 heavy (non-hydrogen) atoms. The Morgan fingerprint density at radius 3 is 2.48 bits per heavy atom. The zero-order valence-corrected chi connectivity index (χ0v) is 16.6. The van der Waals surface area contributed by atoms with Gasteiger partial charge in [-0.1, -0.05) is 35.9 Å². The molecular weight excluding hydrogens is 388 g/mol. The number of carbonyl (C=O) groups is 3. The number of benzene rings is 2. The maximum Gasteiger partial charge on any atom is 0.311 e. The lowest BCUT2D eigenvalue weighted by Crippen LogP contribution is -2.33. The van der Waals surface area contributed by atoms with E-state index in [-0.39, 0.29) is 31.4 Å². The van der Waals surface area contributed by atoms with E-state index in [0.717, 1.165) is 21.0 Å². The van der Waals surface area contributed by atoms with Crippen molar-refractivity contribution in [1.29, 1.82) is 0 Å². The summed E-state index contributed by atoms with van der Waals surface area (Å²) in [5, 5.41) is 2.69. The summed E-state index contributed by atoms with van der Waals surface area (Å²) >= 11 is 1.47. The third-order valence-electron chi connectivity index (χ3n) is 4.60. The lowest BCUT2D eigenvalue weighted by Gasteiger charge is -2.13. The second kappa shape index (κ2) is 7.97. The molecule has 2 heterocycles. The number of carbonyl (C=O) groups excluding carboxylic acids is 3. The highest BCUT2D eigenvalue weighted by Gasteiger charge is 2.34. The van der Waals surface area contributed by atoms with Crippen LogP contribution >= 0.6 is 11.3 Å². The van der Waals surface area contributed by atoms with Crippen molar-refractivity contribution in [2.45, 2.75) is 13.3 Å². The Morgan fingerprint density at radius 1 is 1.07 bits per heavy atom. The van der Waals surface area contributed by atoms with Gasteiger partial charge in [-0.25, -0.2) is 4.98 Å². The number of thiazole rings is 1. The monoisotopic (exact) mass is 406 g/mol. The van der Waals surface area contributed by atoms with Gasteiger partial charge in [0.05, 0.1) is 29.8 Å². The highest BCUT2D eigenvalue weighted by atomic mass is 32.1. The first kappa shape index (κ1) is 19.0. The summed E-state index contributed by atoms with van der Waals surface area (Å²) in [6.45, 7) is 2.01. The lowest BCUT2D eigenvalue weighted by molar-refractivity contribution is -0.143. The predicted octanol–water partition coefficient (Wildman–Crippen LogP) is 3.50. The zero-order chi connectivity index (χ0) is 20.4. The molecule has 2 aromatic carbocycles. The summed E-state index contributed by atoms with van der Waals surface area (Å²) in [6, 6.07) is 14.7. The number of nitrogens with zero attached hydrogens (tertiary/aromatic N) is 2. The molecule has 7 heteroatoms. The average molecular weight is 406 g/mol. The quantitative estimate of drug-likeness (QED) is 0.463. The van der Waals surface area contributed by atoms with Gasteiger partial charge in [0.25, 0.3) is 11.8 Å². The van der Waals surface area contributed by atoms with E-state index in [1.54, 1.807) is 24.3 Å². The predicted molar refractivity (Wildman–Crippen MR) is 109 cm³/mol. The molecule has 4 rings (SSSR count). The van der Waals surface area contributed by atoms with Gasteiger partial charge in [0.1, 0.15) is 11.6 Å². The summed E-state index contributed by atoms with van der Waals surface area (Å²) in [4.78, 5) is 42.3. The van der Waals surface area contributed by atoms with E-state index in [4.69, 9.17) is 4.74 Å². The van der Waals surface area contributed by atoms with Crippen LogP contribution in [0.1, 0.15) is 32.0 Å². The van der Waals surface area contributed by atoms with Crippen molar-refractivity contribution in [3.05, 3.63) is 76.3 Å². The van der Waals surface area contributed by atoms with Crippen LogP contribution in [-0.2, 0) is 16.0 Å². The first-order chi connectivity index (χ1) is 14.0. The van der Waals surface area contributed by atoms with Crippen LogP contribution in [0, 0.1) is 6.92 Å². The van der Waals surface area contributed by atoms with Crippen LogP contribution in [0.3, 0.4) is 0 Å². The fourth-order valence-corrected chi connectivity index (χ4v) is 4.01. The highest BCUT2D eigenvalue weighted by Crippen LogP contribution is 2.25. The number of hydrogen-bond donors (Lipinski definition) is 0. The average Bonchev–Trinajstić information content (AvgIpc) is 3.27. The fourth-order valence-electron chi connectivity index (χ4n) is 3.19. The van der Waals surface area contributed by atoms with Crippen molar-refractivity contribution in [3.8, 4) is 10.6 Å². The molecule has 0 saturated carbocycles. The Labute approximate surface area is 171 Å². The van der Waals surface area contributed by atoms with Crippen LogP contribution in [-0.4, -0.2) is 40.8 Å². The minimum Gasteiger partial charge on any atom is -0.463 e. The summed E-state index contributed by atoms with van der Waals surface area (Å²) < 4.78 is 5.22. The van der Waals surface area contributed by atoms with E-state index in [0.29, 0.717) is 16.8 Å². The van der Waals surface area contributed by atoms with E-state index >= 15 is 0 Å². The molecule has 0 N–H and O–H groups in total. The van der Waals surface area contributed by atoms with E-state index in [1.807, 2.05) is 36.6 Å². The van der Waals surface area contributed by atoms with Gasteiger partial charge in [-0.15, -0.1) is 11.3 Å². The first-order valence-corrected chi connectivity index (χ1v) is 10.0. The standard InChI is InChI=1S/C22H18N2O4S/c1-14-5-4-6-15(11-14)20-23-16(13-29-20)12-19(25)28-10-9-24-21(26)17-7-2-3-8-18(17)22(24)27/h2-8,11,13H,9-10,12H2,1H3. The van der Waals surface area contributed by atoms with Crippen LogP contribution < -0.4 is 0 Å². The number of esters is 1. The molecule has 0 saturated heterocycles. The van der Waals surface area contributed by atoms with Crippen LogP contribution in [0.15, 0.2) is 53.9 Å². The van der Waals surface area contributed by atoms with Crippen LogP contribution in [0.4, 0.5) is 0 Å². The van der Waals surface area contributed by atoms with Gasteiger partial charge in [0.15, 0.2) is 0 Å². The number of imide groups is 1. The van der Waals surface area contributed by atoms with Gasteiger partial charge in [-0.05, 0) is 25.1 Å². The molecule has 2 amide bonds. The smallest absolute Gasteiger partial charge is 0.311 e. The summed E-state index contributed by atoms with van der Waals surface area (Å²) in [5.74, 6) is -1.16. The van der Waals surface area contributed by atoms with Crippen LogP contribution in [0.2, 0.25) is 0 Å². The topological polar surface area (TPSA) is 76.6 Å². The zero-order valence-electron chi connectivity index (χ0n) is 15.8. The molecule has 1 aliphatic rings. The Morgan fingerprint density at radius 2 is 1.79 bits per heavy atom. The minimum atomic E-state index is -0.442. The summed E-state index contributed by atoms with van der Waals surface area (Å²) in [6.07, 6.45) is 0.0461. The van der Waals surface area contributed by atoms with Crippen molar-refractivity contribution in [2.24, 2.45) is 0 Å². The number of hydrogen-bond acceptors (Lipinski definition) is 6. The second-order valence-corrected chi connectivity index (χ2v) is 7.58. The molecule has 3 aromatic rings.